The van der Waals surface area contributed by atoms with Crippen molar-refractivity contribution in [1.82, 2.24) is 0 Å². The van der Waals surface area contributed by atoms with Crippen LogP contribution >= 0.6 is 0 Å². The average Bonchev–Trinajstić information content (AvgIpc) is 3.14. The zero-order valence-electron chi connectivity index (χ0n) is 14.7. The molecule has 1 unspecified atom stereocenters. The SMILES string of the molecule is O=C(Cc1cccc(C(=O)O)c1)Nc1ccc(NCC2CCCO2)c(F)c1. The van der Waals surface area contributed by atoms with Crippen molar-refractivity contribution in [3.8, 4) is 0 Å². The van der Waals surface area contributed by atoms with Gasteiger partial charge in [0.15, 0.2) is 0 Å². The van der Waals surface area contributed by atoms with Gasteiger partial charge in [-0.3, -0.25) is 4.79 Å². The second kappa shape index (κ2) is 8.64. The summed E-state index contributed by atoms with van der Waals surface area (Å²) in [7, 11) is 0. The molecule has 1 atom stereocenters. The maximum Gasteiger partial charge on any atom is 0.335 e. The smallest absolute Gasteiger partial charge is 0.335 e. The Morgan fingerprint density at radius 1 is 1.22 bits per heavy atom. The molecule has 27 heavy (non-hydrogen) atoms. The minimum Gasteiger partial charge on any atom is -0.478 e. The van der Waals surface area contributed by atoms with Crippen LogP contribution in [0.3, 0.4) is 0 Å². The lowest BCUT2D eigenvalue weighted by Crippen LogP contribution is -2.19. The number of hydrogen-bond acceptors (Lipinski definition) is 4. The molecule has 1 aliphatic rings. The summed E-state index contributed by atoms with van der Waals surface area (Å²) in [5.74, 6) is -1.86. The Balaban J connectivity index is 1.56. The van der Waals surface area contributed by atoms with Gasteiger partial charge in [0.25, 0.3) is 0 Å². The Morgan fingerprint density at radius 2 is 2.07 bits per heavy atom. The zero-order chi connectivity index (χ0) is 19.2. The van der Waals surface area contributed by atoms with Gasteiger partial charge in [-0.25, -0.2) is 9.18 Å². The number of rotatable bonds is 7. The summed E-state index contributed by atoms with van der Waals surface area (Å²) < 4.78 is 19.7. The van der Waals surface area contributed by atoms with Crippen molar-refractivity contribution in [2.24, 2.45) is 0 Å². The van der Waals surface area contributed by atoms with E-state index in [2.05, 4.69) is 10.6 Å². The van der Waals surface area contributed by atoms with Crippen molar-refractivity contribution in [1.29, 1.82) is 0 Å². The highest BCUT2D eigenvalue weighted by Gasteiger charge is 2.16. The monoisotopic (exact) mass is 372 g/mol. The largest absolute Gasteiger partial charge is 0.478 e. The standard InChI is InChI=1S/C20H21FN2O4/c21-17-11-15(6-7-18(17)22-12-16-5-2-8-27-16)23-19(24)10-13-3-1-4-14(9-13)20(25)26/h1,3-4,6-7,9,11,16,22H,2,5,8,10,12H2,(H,23,24)(H,25,26). The van der Waals surface area contributed by atoms with Crippen LogP contribution in [-0.4, -0.2) is 36.2 Å². The molecule has 3 rings (SSSR count). The Bertz CT molecular complexity index is 834. The number of aromatic carboxylic acids is 1. The Morgan fingerprint density at radius 3 is 2.78 bits per heavy atom. The molecular formula is C20H21FN2O4. The second-order valence-corrected chi connectivity index (χ2v) is 6.44. The van der Waals surface area contributed by atoms with Gasteiger partial charge in [0.2, 0.25) is 5.91 Å². The van der Waals surface area contributed by atoms with Gasteiger partial charge in [-0.2, -0.15) is 0 Å². The van der Waals surface area contributed by atoms with Crippen LogP contribution in [0.2, 0.25) is 0 Å². The third-order valence-electron chi connectivity index (χ3n) is 4.34. The first-order valence-electron chi connectivity index (χ1n) is 8.78. The number of halogens is 1. The van der Waals surface area contributed by atoms with E-state index in [-0.39, 0.29) is 24.0 Å². The van der Waals surface area contributed by atoms with Crippen LogP contribution in [0.5, 0.6) is 0 Å². The van der Waals surface area contributed by atoms with Gasteiger partial charge in [-0.1, -0.05) is 12.1 Å². The molecular weight excluding hydrogens is 351 g/mol. The molecule has 0 saturated carbocycles. The summed E-state index contributed by atoms with van der Waals surface area (Å²) in [6.45, 7) is 1.29. The number of ether oxygens (including phenoxy) is 1. The highest BCUT2D eigenvalue weighted by Crippen LogP contribution is 2.21. The number of amides is 1. The third kappa shape index (κ3) is 5.27. The van der Waals surface area contributed by atoms with Crippen molar-refractivity contribution in [3.05, 3.63) is 59.4 Å². The lowest BCUT2D eigenvalue weighted by atomic mass is 10.1. The molecule has 0 radical (unpaired) electrons. The topological polar surface area (TPSA) is 87.7 Å². The van der Waals surface area contributed by atoms with E-state index in [0.717, 1.165) is 19.4 Å². The maximum atomic E-state index is 14.2. The predicted molar refractivity (Wildman–Crippen MR) is 99.6 cm³/mol. The Hall–Kier alpha value is -2.93. The number of anilines is 2. The number of carboxylic acids is 1. The van der Waals surface area contributed by atoms with Crippen LogP contribution in [0.15, 0.2) is 42.5 Å². The molecule has 1 heterocycles. The van der Waals surface area contributed by atoms with Gasteiger partial charge < -0.3 is 20.5 Å². The second-order valence-electron chi connectivity index (χ2n) is 6.44. The molecule has 2 aromatic rings. The number of carbonyl (C=O) groups excluding carboxylic acids is 1. The molecule has 2 aromatic carbocycles. The van der Waals surface area contributed by atoms with Crippen molar-refractivity contribution in [3.63, 3.8) is 0 Å². The van der Waals surface area contributed by atoms with E-state index in [1.54, 1.807) is 24.3 Å². The molecule has 7 heteroatoms. The van der Waals surface area contributed by atoms with E-state index < -0.39 is 11.8 Å². The molecule has 0 aromatic heterocycles. The van der Waals surface area contributed by atoms with Gasteiger partial charge in [-0.15, -0.1) is 0 Å². The number of hydrogen-bond donors (Lipinski definition) is 3. The van der Waals surface area contributed by atoms with Gasteiger partial charge in [0.1, 0.15) is 5.82 Å². The fourth-order valence-corrected chi connectivity index (χ4v) is 2.97. The van der Waals surface area contributed by atoms with E-state index in [1.165, 1.54) is 18.2 Å². The summed E-state index contributed by atoms with van der Waals surface area (Å²) in [5, 5.41) is 14.6. The average molecular weight is 372 g/mol. The summed E-state index contributed by atoms with van der Waals surface area (Å²) in [4.78, 5) is 23.1. The highest BCUT2D eigenvalue weighted by atomic mass is 19.1. The normalized spacial score (nSPS) is 16.1. The number of carbonyl (C=O) groups is 2. The third-order valence-corrected chi connectivity index (χ3v) is 4.34. The van der Waals surface area contributed by atoms with Gasteiger partial charge in [-0.05, 0) is 48.7 Å². The fraction of sp³-hybridized carbons (Fsp3) is 0.300. The number of benzene rings is 2. The summed E-state index contributed by atoms with van der Waals surface area (Å²) in [6, 6.07) is 10.6. The highest BCUT2D eigenvalue weighted by molar-refractivity contribution is 5.93. The van der Waals surface area contributed by atoms with Crippen molar-refractivity contribution in [2.75, 3.05) is 23.8 Å². The van der Waals surface area contributed by atoms with Crippen molar-refractivity contribution in [2.45, 2.75) is 25.4 Å². The van der Waals surface area contributed by atoms with E-state index in [4.69, 9.17) is 9.84 Å². The minimum absolute atomic E-state index is 0.00175. The fourth-order valence-electron chi connectivity index (χ4n) is 2.97. The molecule has 0 bridgehead atoms. The predicted octanol–water partition coefficient (Wildman–Crippen LogP) is 3.30. The summed E-state index contributed by atoms with van der Waals surface area (Å²) >= 11 is 0. The summed E-state index contributed by atoms with van der Waals surface area (Å²) in [5.41, 5.74) is 1.39. The molecule has 1 fully saturated rings. The van der Waals surface area contributed by atoms with E-state index in [9.17, 15) is 14.0 Å². The molecule has 142 valence electrons. The maximum absolute atomic E-state index is 14.2. The van der Waals surface area contributed by atoms with Crippen LogP contribution in [0.1, 0.15) is 28.8 Å². The molecule has 1 aliphatic heterocycles. The molecule has 1 amide bonds. The van der Waals surface area contributed by atoms with Crippen LogP contribution < -0.4 is 10.6 Å². The van der Waals surface area contributed by atoms with E-state index >= 15 is 0 Å². The van der Waals surface area contributed by atoms with Gasteiger partial charge in [0.05, 0.1) is 23.8 Å². The molecule has 0 spiro atoms. The van der Waals surface area contributed by atoms with Crippen molar-refractivity contribution >= 4 is 23.3 Å². The number of carboxylic acid groups (broad SMARTS) is 1. The number of nitrogens with one attached hydrogen (secondary N) is 2. The van der Waals surface area contributed by atoms with Crippen LogP contribution in [0, 0.1) is 5.82 Å². The lowest BCUT2D eigenvalue weighted by molar-refractivity contribution is -0.115. The van der Waals surface area contributed by atoms with Crippen LogP contribution in [0.25, 0.3) is 0 Å². The minimum atomic E-state index is -1.05. The quantitative estimate of drug-likeness (QED) is 0.694. The van der Waals surface area contributed by atoms with Gasteiger partial charge >= 0.3 is 5.97 Å². The first-order valence-corrected chi connectivity index (χ1v) is 8.78. The van der Waals surface area contributed by atoms with Gasteiger partial charge in [0, 0.05) is 18.8 Å². The van der Waals surface area contributed by atoms with Crippen molar-refractivity contribution < 1.29 is 23.8 Å². The molecule has 0 aliphatic carbocycles. The Labute approximate surface area is 156 Å². The molecule has 1 saturated heterocycles. The lowest BCUT2D eigenvalue weighted by Gasteiger charge is -2.13. The Kier molecular flexibility index (Phi) is 6.03. The van der Waals surface area contributed by atoms with Crippen LogP contribution in [0.4, 0.5) is 15.8 Å². The summed E-state index contributed by atoms with van der Waals surface area (Å²) in [6.07, 6.45) is 2.09. The van der Waals surface area contributed by atoms with E-state index in [1.807, 2.05) is 0 Å². The molecule has 6 nitrogen and oxygen atoms in total. The molecule has 3 N–H and O–H groups in total. The first-order chi connectivity index (χ1) is 13.0. The van der Waals surface area contributed by atoms with E-state index in [0.29, 0.717) is 23.5 Å². The zero-order valence-corrected chi connectivity index (χ0v) is 14.7. The first kappa shape index (κ1) is 18.8. The van der Waals surface area contributed by atoms with Crippen LogP contribution in [-0.2, 0) is 16.0 Å².